The topological polar surface area (TPSA) is 80.6 Å². The van der Waals surface area contributed by atoms with Crippen molar-refractivity contribution in [1.82, 2.24) is 5.32 Å². The third kappa shape index (κ3) is 6.22. The van der Waals surface area contributed by atoms with Gasteiger partial charge in [0, 0.05) is 12.1 Å². The molecule has 0 saturated carbocycles. The number of ether oxygens (including phenoxy) is 1. The summed E-state index contributed by atoms with van der Waals surface area (Å²) in [6, 6.07) is 16.0. The second-order valence-corrected chi connectivity index (χ2v) is 8.91. The van der Waals surface area contributed by atoms with Crippen LogP contribution in [0.25, 0.3) is 6.08 Å². The van der Waals surface area contributed by atoms with Gasteiger partial charge in [-0.2, -0.15) is 5.26 Å². The molecule has 0 unspecified atom stereocenters. The Bertz CT molecular complexity index is 1050. The Labute approximate surface area is 194 Å². The number of nitrogens with zero attached hydrogens (tertiary/aromatic N) is 1. The van der Waals surface area contributed by atoms with E-state index in [-0.39, 0.29) is 19.6 Å². The SMILES string of the molecule is CC1(C)OB(C(=Cc2ccc(CC#N)cc2F)CNC(=O)OCc2ccccc2)OC1(C)C. The Morgan fingerprint density at radius 2 is 1.79 bits per heavy atom. The van der Waals surface area contributed by atoms with E-state index < -0.39 is 30.2 Å². The second kappa shape index (κ2) is 10.2. The fourth-order valence-electron chi connectivity index (χ4n) is 3.23. The molecule has 33 heavy (non-hydrogen) atoms. The van der Waals surface area contributed by atoms with E-state index in [1.54, 1.807) is 18.2 Å². The van der Waals surface area contributed by atoms with Crippen LogP contribution >= 0.6 is 0 Å². The fourth-order valence-corrected chi connectivity index (χ4v) is 3.23. The third-order valence-electron chi connectivity index (χ3n) is 5.89. The van der Waals surface area contributed by atoms with Crippen molar-refractivity contribution in [1.29, 1.82) is 5.26 Å². The van der Waals surface area contributed by atoms with Gasteiger partial charge in [0.05, 0.1) is 23.7 Å². The van der Waals surface area contributed by atoms with E-state index in [0.29, 0.717) is 16.6 Å². The molecule has 2 aromatic rings. The second-order valence-electron chi connectivity index (χ2n) is 8.91. The number of alkyl carbamates (subject to hydrolysis) is 1. The van der Waals surface area contributed by atoms with E-state index in [2.05, 4.69) is 5.32 Å². The van der Waals surface area contributed by atoms with Gasteiger partial charge in [0.1, 0.15) is 12.4 Å². The van der Waals surface area contributed by atoms with Crippen LogP contribution in [-0.2, 0) is 27.1 Å². The highest BCUT2D eigenvalue weighted by molar-refractivity contribution is 6.56. The average Bonchev–Trinajstić information content (AvgIpc) is 2.98. The van der Waals surface area contributed by atoms with Gasteiger partial charge in [-0.15, -0.1) is 0 Å². The number of rotatable bonds is 7. The minimum Gasteiger partial charge on any atom is -0.445 e. The highest BCUT2D eigenvalue weighted by atomic mass is 19.1. The largest absolute Gasteiger partial charge is 0.492 e. The highest BCUT2D eigenvalue weighted by Crippen LogP contribution is 2.38. The maximum atomic E-state index is 14.7. The molecule has 8 heteroatoms. The summed E-state index contributed by atoms with van der Waals surface area (Å²) in [5.41, 5.74) is 1.11. The first kappa shape index (κ1) is 24.5. The normalized spacial score (nSPS) is 16.8. The molecule has 0 radical (unpaired) electrons. The quantitative estimate of drug-likeness (QED) is 0.611. The summed E-state index contributed by atoms with van der Waals surface area (Å²) < 4.78 is 32.2. The van der Waals surface area contributed by atoms with Gasteiger partial charge in [-0.05, 0) is 50.4 Å². The lowest BCUT2D eigenvalue weighted by molar-refractivity contribution is 0.00578. The van der Waals surface area contributed by atoms with E-state index >= 15 is 0 Å². The molecule has 1 fully saturated rings. The number of benzene rings is 2. The molecule has 1 aliphatic heterocycles. The smallest absolute Gasteiger partial charge is 0.445 e. The first-order chi connectivity index (χ1) is 15.6. The first-order valence-corrected chi connectivity index (χ1v) is 10.8. The zero-order valence-electron chi connectivity index (χ0n) is 19.4. The average molecular weight is 450 g/mol. The minimum atomic E-state index is -0.775. The molecule has 172 valence electrons. The summed E-state index contributed by atoms with van der Waals surface area (Å²) in [5, 5.41) is 11.5. The van der Waals surface area contributed by atoms with Crippen LogP contribution in [0.15, 0.2) is 54.0 Å². The van der Waals surface area contributed by atoms with Crippen LogP contribution < -0.4 is 5.32 Å². The number of carbonyl (C=O) groups is 1. The van der Waals surface area contributed by atoms with Crippen molar-refractivity contribution < 1.29 is 23.2 Å². The first-order valence-electron chi connectivity index (χ1n) is 10.8. The molecule has 3 rings (SSSR count). The highest BCUT2D eigenvalue weighted by Gasteiger charge is 2.52. The Kier molecular flexibility index (Phi) is 7.57. The summed E-state index contributed by atoms with van der Waals surface area (Å²) in [6.07, 6.45) is 1.12. The molecule has 1 aliphatic rings. The van der Waals surface area contributed by atoms with Crippen molar-refractivity contribution in [2.24, 2.45) is 0 Å². The lowest BCUT2D eigenvalue weighted by Gasteiger charge is -2.32. The van der Waals surface area contributed by atoms with Crippen molar-refractivity contribution in [3.05, 3.63) is 76.5 Å². The van der Waals surface area contributed by atoms with Gasteiger partial charge < -0.3 is 19.4 Å². The molecule has 1 N–H and O–H groups in total. The molecule has 1 amide bonds. The van der Waals surface area contributed by atoms with E-state index in [1.807, 2.05) is 64.1 Å². The van der Waals surface area contributed by atoms with Crippen LogP contribution in [0.5, 0.6) is 0 Å². The molecule has 1 heterocycles. The lowest BCUT2D eigenvalue weighted by atomic mass is 9.77. The van der Waals surface area contributed by atoms with Crippen molar-refractivity contribution in [2.45, 2.75) is 51.9 Å². The Morgan fingerprint density at radius 1 is 1.12 bits per heavy atom. The van der Waals surface area contributed by atoms with Crippen LogP contribution in [0.4, 0.5) is 9.18 Å². The molecule has 0 bridgehead atoms. The third-order valence-corrected chi connectivity index (χ3v) is 5.89. The monoisotopic (exact) mass is 450 g/mol. The van der Waals surface area contributed by atoms with Gasteiger partial charge in [0.15, 0.2) is 0 Å². The number of nitriles is 1. The molecule has 0 spiro atoms. The van der Waals surface area contributed by atoms with E-state index in [9.17, 15) is 9.18 Å². The number of halogens is 1. The maximum Gasteiger partial charge on any atom is 0.492 e. The number of hydrogen-bond acceptors (Lipinski definition) is 5. The summed E-state index contributed by atoms with van der Waals surface area (Å²) >= 11 is 0. The molecule has 6 nitrogen and oxygen atoms in total. The lowest BCUT2D eigenvalue weighted by Crippen LogP contribution is -2.41. The summed E-state index contributed by atoms with van der Waals surface area (Å²) in [6.45, 7) is 7.86. The van der Waals surface area contributed by atoms with Gasteiger partial charge in [-0.25, -0.2) is 9.18 Å². The molecule has 0 atom stereocenters. The van der Waals surface area contributed by atoms with E-state index in [0.717, 1.165) is 5.56 Å². The number of hydrogen-bond donors (Lipinski definition) is 1. The molecule has 2 aromatic carbocycles. The van der Waals surface area contributed by atoms with Gasteiger partial charge >= 0.3 is 13.2 Å². The standard InChI is InChI=1S/C25H28BFN2O4/c1-24(2)25(3,4)33-26(32-24)21(15-20-11-10-18(12-13-28)14-22(20)27)16-29-23(30)31-17-19-8-6-5-7-9-19/h5-11,14-15H,12,16-17H2,1-4H3,(H,29,30). The molecular formula is C25H28BFN2O4. The van der Waals surface area contributed by atoms with Crippen LogP contribution in [0.1, 0.15) is 44.4 Å². The van der Waals surface area contributed by atoms with Crippen LogP contribution in [-0.4, -0.2) is 31.0 Å². The number of carbonyl (C=O) groups excluding carboxylic acids is 1. The van der Waals surface area contributed by atoms with Crippen LogP contribution in [0.3, 0.4) is 0 Å². The van der Waals surface area contributed by atoms with Crippen LogP contribution in [0, 0.1) is 17.1 Å². The predicted octanol–water partition coefficient (Wildman–Crippen LogP) is 4.83. The summed E-state index contributed by atoms with van der Waals surface area (Å²) in [7, 11) is -0.775. The van der Waals surface area contributed by atoms with Crippen molar-refractivity contribution in [2.75, 3.05) is 6.54 Å². The van der Waals surface area contributed by atoms with Gasteiger partial charge in [0.25, 0.3) is 0 Å². The van der Waals surface area contributed by atoms with Gasteiger partial charge in [-0.3, -0.25) is 0 Å². The molecule has 0 aromatic heterocycles. The Hall–Kier alpha value is -3.15. The van der Waals surface area contributed by atoms with Gasteiger partial charge in [0.2, 0.25) is 0 Å². The van der Waals surface area contributed by atoms with Crippen molar-refractivity contribution in [3.63, 3.8) is 0 Å². The molecule has 0 aliphatic carbocycles. The zero-order chi connectivity index (χ0) is 24.1. The van der Waals surface area contributed by atoms with E-state index in [4.69, 9.17) is 19.3 Å². The predicted molar refractivity (Wildman–Crippen MR) is 124 cm³/mol. The zero-order valence-corrected chi connectivity index (χ0v) is 19.4. The summed E-state index contributed by atoms with van der Waals surface area (Å²) in [5.74, 6) is -0.469. The fraction of sp³-hybridized carbons (Fsp3) is 0.360. The minimum absolute atomic E-state index is 0.0455. The summed E-state index contributed by atoms with van der Waals surface area (Å²) in [4.78, 5) is 12.3. The molecular weight excluding hydrogens is 422 g/mol. The Balaban J connectivity index is 1.77. The maximum absolute atomic E-state index is 14.7. The van der Waals surface area contributed by atoms with E-state index in [1.165, 1.54) is 6.07 Å². The van der Waals surface area contributed by atoms with Crippen molar-refractivity contribution in [3.8, 4) is 6.07 Å². The number of amides is 1. The Morgan fingerprint density at radius 3 is 2.39 bits per heavy atom. The van der Waals surface area contributed by atoms with Gasteiger partial charge in [-0.1, -0.05) is 48.5 Å². The van der Waals surface area contributed by atoms with Crippen LogP contribution in [0.2, 0.25) is 0 Å². The molecule has 1 saturated heterocycles. The number of nitrogens with one attached hydrogen (secondary N) is 1. The van der Waals surface area contributed by atoms with Crippen molar-refractivity contribution >= 4 is 19.3 Å².